The fraction of sp³-hybridized carbons (Fsp3) is 0.381. The van der Waals surface area contributed by atoms with E-state index in [1.165, 1.54) is 0 Å². The number of ether oxygens (including phenoxy) is 4. The van der Waals surface area contributed by atoms with Crippen LogP contribution in [0.3, 0.4) is 0 Å². The topological polar surface area (TPSA) is 57.2 Å². The molecule has 0 bridgehead atoms. The monoisotopic (exact) mass is 373 g/mol. The number of benzene rings is 2. The number of methoxy groups -OCH3 is 4. The van der Waals surface area contributed by atoms with Gasteiger partial charge in [0.15, 0.2) is 11.5 Å². The summed E-state index contributed by atoms with van der Waals surface area (Å²) in [5, 5.41) is 0. The number of carbonyl (C=O) groups is 1. The van der Waals surface area contributed by atoms with Crippen LogP contribution in [-0.2, 0) is 17.8 Å². The minimum Gasteiger partial charge on any atom is -0.497 e. The normalized spacial score (nSPS) is 10.3. The Morgan fingerprint density at radius 3 is 1.93 bits per heavy atom. The molecule has 2 aromatic rings. The molecule has 146 valence electrons. The van der Waals surface area contributed by atoms with Crippen molar-refractivity contribution in [3.63, 3.8) is 0 Å². The van der Waals surface area contributed by atoms with Crippen molar-refractivity contribution in [2.45, 2.75) is 19.4 Å². The van der Waals surface area contributed by atoms with Crippen LogP contribution in [0, 0.1) is 0 Å². The van der Waals surface area contributed by atoms with Crippen LogP contribution in [-0.4, -0.2) is 46.3 Å². The molecule has 0 aliphatic heterocycles. The van der Waals surface area contributed by atoms with Crippen LogP contribution in [0.1, 0.15) is 17.5 Å². The quantitative estimate of drug-likeness (QED) is 0.675. The van der Waals surface area contributed by atoms with Gasteiger partial charge in [0.1, 0.15) is 5.75 Å². The van der Waals surface area contributed by atoms with Gasteiger partial charge in [-0.3, -0.25) is 4.79 Å². The summed E-state index contributed by atoms with van der Waals surface area (Å²) in [5.74, 6) is 2.60. The van der Waals surface area contributed by atoms with Crippen molar-refractivity contribution in [1.29, 1.82) is 0 Å². The summed E-state index contributed by atoms with van der Waals surface area (Å²) < 4.78 is 21.2. The van der Waals surface area contributed by atoms with Gasteiger partial charge in [0, 0.05) is 20.0 Å². The summed E-state index contributed by atoms with van der Waals surface area (Å²) in [4.78, 5) is 14.2. The van der Waals surface area contributed by atoms with E-state index >= 15 is 0 Å². The van der Waals surface area contributed by atoms with Gasteiger partial charge < -0.3 is 23.8 Å². The summed E-state index contributed by atoms with van der Waals surface area (Å²) in [6, 6.07) is 11.5. The van der Waals surface area contributed by atoms with Crippen LogP contribution in [0.5, 0.6) is 23.0 Å². The Kier molecular flexibility index (Phi) is 7.34. The third kappa shape index (κ3) is 5.29. The Hall–Kier alpha value is -2.89. The first-order chi connectivity index (χ1) is 13.0. The lowest BCUT2D eigenvalue weighted by atomic mass is 10.1. The maximum absolute atomic E-state index is 12.5. The minimum absolute atomic E-state index is 0.0690. The summed E-state index contributed by atoms with van der Waals surface area (Å²) in [6.07, 6.45) is 0.980. The highest BCUT2D eigenvalue weighted by atomic mass is 16.5. The fourth-order valence-electron chi connectivity index (χ4n) is 2.81. The number of hydrogen-bond donors (Lipinski definition) is 0. The highest BCUT2D eigenvalue weighted by Gasteiger charge is 2.15. The second-order valence-corrected chi connectivity index (χ2v) is 6.13. The van der Waals surface area contributed by atoms with Crippen LogP contribution in [0.25, 0.3) is 0 Å². The molecule has 0 aliphatic carbocycles. The number of amides is 1. The molecule has 2 rings (SSSR count). The van der Waals surface area contributed by atoms with Crippen LogP contribution in [0.4, 0.5) is 0 Å². The Bertz CT molecular complexity index is 733. The maximum atomic E-state index is 12.5. The van der Waals surface area contributed by atoms with E-state index in [1.807, 2.05) is 43.4 Å². The van der Waals surface area contributed by atoms with Crippen molar-refractivity contribution in [1.82, 2.24) is 4.90 Å². The predicted octanol–water partition coefficient (Wildman–Crippen LogP) is 3.31. The van der Waals surface area contributed by atoms with Crippen LogP contribution >= 0.6 is 0 Å². The number of rotatable bonds is 9. The zero-order valence-corrected chi connectivity index (χ0v) is 16.6. The minimum atomic E-state index is 0.0690. The molecule has 0 atom stereocenters. The molecule has 6 nitrogen and oxygen atoms in total. The molecule has 0 saturated heterocycles. The Morgan fingerprint density at radius 1 is 0.852 bits per heavy atom. The summed E-state index contributed by atoms with van der Waals surface area (Å²) >= 11 is 0. The standard InChI is InChI=1S/C21H27NO5/c1-22(14-15-6-9-17(24-2)10-7-15)20(23)11-8-16-12-18(25-3)21(27-5)19(13-16)26-4/h6-7,9-10,12-13H,8,11,14H2,1-5H3. The Morgan fingerprint density at radius 2 is 1.44 bits per heavy atom. The highest BCUT2D eigenvalue weighted by molar-refractivity contribution is 5.76. The van der Waals surface area contributed by atoms with Gasteiger partial charge in [0.05, 0.1) is 28.4 Å². The van der Waals surface area contributed by atoms with Crippen LogP contribution in [0.2, 0.25) is 0 Å². The molecule has 0 spiro atoms. The first-order valence-electron chi connectivity index (χ1n) is 8.68. The van der Waals surface area contributed by atoms with Crippen molar-refractivity contribution >= 4 is 5.91 Å². The summed E-state index contributed by atoms with van der Waals surface area (Å²) in [7, 11) is 8.16. The van der Waals surface area contributed by atoms with Gasteiger partial charge in [-0.05, 0) is 41.8 Å². The molecule has 0 N–H and O–H groups in total. The van der Waals surface area contributed by atoms with E-state index in [1.54, 1.807) is 33.3 Å². The lowest BCUT2D eigenvalue weighted by molar-refractivity contribution is -0.130. The molecule has 6 heteroatoms. The molecule has 0 unspecified atom stereocenters. The van der Waals surface area contributed by atoms with Crippen molar-refractivity contribution in [2.75, 3.05) is 35.5 Å². The van der Waals surface area contributed by atoms with Gasteiger partial charge in [0.2, 0.25) is 11.7 Å². The van der Waals surface area contributed by atoms with Crippen molar-refractivity contribution in [2.24, 2.45) is 0 Å². The molecule has 0 heterocycles. The second-order valence-electron chi connectivity index (χ2n) is 6.13. The fourth-order valence-corrected chi connectivity index (χ4v) is 2.81. The molecule has 1 amide bonds. The van der Waals surface area contributed by atoms with E-state index in [9.17, 15) is 4.79 Å². The van der Waals surface area contributed by atoms with E-state index in [-0.39, 0.29) is 5.91 Å². The van der Waals surface area contributed by atoms with Gasteiger partial charge in [0.25, 0.3) is 0 Å². The average Bonchev–Trinajstić information content (AvgIpc) is 2.71. The molecule has 27 heavy (non-hydrogen) atoms. The van der Waals surface area contributed by atoms with Crippen LogP contribution < -0.4 is 18.9 Å². The number of aryl methyl sites for hydroxylation is 1. The average molecular weight is 373 g/mol. The summed E-state index contributed by atoms with van der Waals surface area (Å²) in [6.45, 7) is 0.554. The first-order valence-corrected chi connectivity index (χ1v) is 8.68. The van der Waals surface area contributed by atoms with Gasteiger partial charge >= 0.3 is 0 Å². The van der Waals surface area contributed by atoms with Gasteiger partial charge in [-0.1, -0.05) is 12.1 Å². The highest BCUT2D eigenvalue weighted by Crippen LogP contribution is 2.38. The van der Waals surface area contributed by atoms with E-state index in [0.717, 1.165) is 16.9 Å². The zero-order chi connectivity index (χ0) is 19.8. The molecule has 0 radical (unpaired) electrons. The number of carbonyl (C=O) groups excluding carboxylic acids is 1. The second kappa shape index (κ2) is 9.71. The molecule has 0 saturated carbocycles. The smallest absolute Gasteiger partial charge is 0.222 e. The SMILES string of the molecule is COc1ccc(CN(C)C(=O)CCc2cc(OC)c(OC)c(OC)c2)cc1. The molecular weight excluding hydrogens is 346 g/mol. The third-order valence-corrected chi connectivity index (χ3v) is 4.36. The van der Waals surface area contributed by atoms with E-state index in [2.05, 4.69) is 0 Å². The zero-order valence-electron chi connectivity index (χ0n) is 16.6. The van der Waals surface area contributed by atoms with Crippen molar-refractivity contribution in [3.05, 3.63) is 47.5 Å². The van der Waals surface area contributed by atoms with Crippen molar-refractivity contribution < 1.29 is 23.7 Å². The largest absolute Gasteiger partial charge is 0.497 e. The number of hydrogen-bond acceptors (Lipinski definition) is 5. The molecule has 0 aliphatic rings. The van der Waals surface area contributed by atoms with Crippen LogP contribution in [0.15, 0.2) is 36.4 Å². The van der Waals surface area contributed by atoms with Gasteiger partial charge in [-0.15, -0.1) is 0 Å². The maximum Gasteiger partial charge on any atom is 0.222 e. The molecule has 2 aromatic carbocycles. The lowest BCUT2D eigenvalue weighted by Gasteiger charge is -2.18. The third-order valence-electron chi connectivity index (χ3n) is 4.36. The first kappa shape index (κ1) is 20.4. The Labute approximate surface area is 160 Å². The molecule has 0 aromatic heterocycles. The van der Waals surface area contributed by atoms with E-state index in [4.69, 9.17) is 18.9 Å². The van der Waals surface area contributed by atoms with Gasteiger partial charge in [-0.25, -0.2) is 0 Å². The lowest BCUT2D eigenvalue weighted by Crippen LogP contribution is -2.26. The molecule has 0 fully saturated rings. The van der Waals surface area contributed by atoms with Gasteiger partial charge in [-0.2, -0.15) is 0 Å². The predicted molar refractivity (Wildman–Crippen MR) is 104 cm³/mol. The van der Waals surface area contributed by atoms with Crippen molar-refractivity contribution in [3.8, 4) is 23.0 Å². The summed E-state index contributed by atoms with van der Waals surface area (Å²) in [5.41, 5.74) is 2.01. The number of nitrogens with zero attached hydrogens (tertiary/aromatic N) is 1. The molecular formula is C21H27NO5. The Balaban J connectivity index is 1.99. The van der Waals surface area contributed by atoms with E-state index < -0.39 is 0 Å². The van der Waals surface area contributed by atoms with E-state index in [0.29, 0.717) is 36.6 Å².